The number of fused-ring (bicyclic) bond motifs is 2. The Hall–Kier alpha value is -3.55. The van der Waals surface area contributed by atoms with Gasteiger partial charge in [0.2, 0.25) is 5.91 Å². The number of hydrogen-bond acceptors (Lipinski definition) is 5. The maximum atomic E-state index is 11.8. The molecule has 0 atom stereocenters. The topological polar surface area (TPSA) is 99.6 Å². The summed E-state index contributed by atoms with van der Waals surface area (Å²) < 4.78 is 1.75. The maximum Gasteiger partial charge on any atom is 0.249 e. The molecule has 2 aromatic carbocycles. The van der Waals surface area contributed by atoms with Crippen LogP contribution in [0.2, 0.25) is 0 Å². The van der Waals surface area contributed by atoms with Gasteiger partial charge in [0.25, 0.3) is 0 Å². The van der Waals surface area contributed by atoms with Gasteiger partial charge in [-0.3, -0.25) is 9.78 Å². The number of aromatic nitrogens is 5. The van der Waals surface area contributed by atoms with Gasteiger partial charge >= 0.3 is 0 Å². The van der Waals surface area contributed by atoms with Crippen molar-refractivity contribution >= 4 is 52.8 Å². The molecule has 0 aliphatic rings. The molecule has 0 saturated heterocycles. The second-order valence-electron chi connectivity index (χ2n) is 6.73. The number of primary amides is 1. The van der Waals surface area contributed by atoms with Gasteiger partial charge < -0.3 is 5.73 Å². The number of nitrogens with zero attached hydrogens (tertiary/aromatic N) is 5. The van der Waals surface area contributed by atoms with Crippen LogP contribution in [0.4, 0.5) is 0 Å². The third-order valence-corrected chi connectivity index (χ3v) is 4.83. The average molecular weight is 453 g/mol. The lowest BCUT2D eigenvalue weighted by Crippen LogP contribution is -2.12. The van der Waals surface area contributed by atoms with Crippen molar-refractivity contribution in [2.24, 2.45) is 5.73 Å². The summed E-state index contributed by atoms with van der Waals surface area (Å²) >= 11 is 0. The molecular weight excluding hydrogens is 435 g/mol. The normalized spacial score (nSPS) is 10.5. The average Bonchev–Trinajstić information content (AvgIpc) is 3.15. The lowest BCUT2D eigenvalue weighted by atomic mass is 10.0. The number of amides is 1. The number of halogens is 2. The van der Waals surface area contributed by atoms with Crippen LogP contribution >= 0.6 is 24.8 Å². The first-order valence-corrected chi connectivity index (χ1v) is 9.12. The summed E-state index contributed by atoms with van der Waals surface area (Å²) in [4.78, 5) is 20.9. The molecule has 0 spiro atoms. The monoisotopic (exact) mass is 452 g/mol. The van der Waals surface area contributed by atoms with Crippen LogP contribution in [0.1, 0.15) is 15.9 Å². The highest BCUT2D eigenvalue weighted by Gasteiger charge is 2.13. The van der Waals surface area contributed by atoms with Crippen LogP contribution in [-0.2, 0) is 6.54 Å². The van der Waals surface area contributed by atoms with Crippen molar-refractivity contribution in [2.45, 2.75) is 6.54 Å². The van der Waals surface area contributed by atoms with Gasteiger partial charge in [-0.15, -0.1) is 29.9 Å². The molecule has 5 aromatic rings. The Balaban J connectivity index is 0.00000136. The zero-order valence-corrected chi connectivity index (χ0v) is 17.8. The van der Waals surface area contributed by atoms with E-state index in [4.69, 9.17) is 10.7 Å². The number of carbonyl (C=O) groups is 1. The lowest BCUT2D eigenvalue weighted by Gasteiger charge is -2.07. The Bertz CT molecular complexity index is 1390. The Labute approximate surface area is 190 Å². The van der Waals surface area contributed by atoms with Crippen LogP contribution in [0, 0.1) is 0 Å². The second-order valence-corrected chi connectivity index (χ2v) is 6.73. The molecule has 7 nitrogen and oxygen atoms in total. The van der Waals surface area contributed by atoms with Crippen LogP contribution < -0.4 is 5.73 Å². The fraction of sp³-hybridized carbons (Fsp3) is 0.0455. The highest BCUT2D eigenvalue weighted by atomic mass is 35.5. The first-order valence-electron chi connectivity index (χ1n) is 9.12. The van der Waals surface area contributed by atoms with E-state index < -0.39 is 5.91 Å². The SMILES string of the molecule is Cl.Cl.NC(=O)c1ccccc1-c1ccc2nnn(Cc3ccc4ncccc4c3)c2n1. The summed E-state index contributed by atoms with van der Waals surface area (Å²) in [5, 5.41) is 9.54. The zero-order chi connectivity index (χ0) is 19.8. The van der Waals surface area contributed by atoms with Gasteiger partial charge in [0.1, 0.15) is 5.52 Å². The van der Waals surface area contributed by atoms with E-state index in [2.05, 4.69) is 21.4 Å². The zero-order valence-electron chi connectivity index (χ0n) is 16.2. The van der Waals surface area contributed by atoms with E-state index in [-0.39, 0.29) is 24.8 Å². The highest BCUT2D eigenvalue weighted by molar-refractivity contribution is 5.99. The van der Waals surface area contributed by atoms with Crippen LogP contribution in [0.15, 0.2) is 72.9 Å². The van der Waals surface area contributed by atoms with Crippen molar-refractivity contribution in [1.82, 2.24) is 25.0 Å². The largest absolute Gasteiger partial charge is 0.366 e. The Kier molecular flexibility index (Phi) is 6.48. The summed E-state index contributed by atoms with van der Waals surface area (Å²) in [6, 6.07) is 20.9. The van der Waals surface area contributed by atoms with Crippen molar-refractivity contribution in [2.75, 3.05) is 0 Å². The van der Waals surface area contributed by atoms with E-state index >= 15 is 0 Å². The molecular formula is C22H18Cl2N6O. The molecule has 1 amide bonds. The maximum absolute atomic E-state index is 11.8. The summed E-state index contributed by atoms with van der Waals surface area (Å²) in [5.41, 5.74) is 10.6. The van der Waals surface area contributed by atoms with Gasteiger partial charge in [-0.25, -0.2) is 9.67 Å². The van der Waals surface area contributed by atoms with Crippen molar-refractivity contribution < 1.29 is 4.79 Å². The fourth-order valence-corrected chi connectivity index (χ4v) is 3.43. The van der Waals surface area contributed by atoms with Gasteiger partial charge in [-0.05, 0) is 42.0 Å². The number of rotatable bonds is 4. The molecule has 0 unspecified atom stereocenters. The highest BCUT2D eigenvalue weighted by Crippen LogP contribution is 2.24. The first-order chi connectivity index (χ1) is 14.2. The minimum absolute atomic E-state index is 0. The van der Waals surface area contributed by atoms with E-state index in [1.807, 2.05) is 48.5 Å². The van der Waals surface area contributed by atoms with E-state index in [0.717, 1.165) is 16.5 Å². The van der Waals surface area contributed by atoms with Crippen molar-refractivity contribution in [3.8, 4) is 11.3 Å². The molecule has 0 saturated carbocycles. The Morgan fingerprint density at radius 2 is 1.74 bits per heavy atom. The van der Waals surface area contributed by atoms with E-state index in [1.54, 1.807) is 23.0 Å². The number of nitrogens with two attached hydrogens (primary N) is 1. The number of hydrogen-bond donors (Lipinski definition) is 1. The molecule has 156 valence electrons. The predicted molar refractivity (Wildman–Crippen MR) is 125 cm³/mol. The quantitative estimate of drug-likeness (QED) is 0.443. The minimum atomic E-state index is -0.487. The standard InChI is InChI=1S/C22H16N6O.2ClH/c23-21(29)17-6-2-1-5-16(17)19-9-10-20-22(25-19)28(27-26-20)13-14-7-8-18-15(12-14)4-3-11-24-18;;/h1-12H,13H2,(H2,23,29);2*1H. The molecule has 2 N–H and O–H groups in total. The Morgan fingerprint density at radius 1 is 0.935 bits per heavy atom. The van der Waals surface area contributed by atoms with Crippen LogP contribution in [0.3, 0.4) is 0 Å². The molecule has 3 heterocycles. The van der Waals surface area contributed by atoms with Crippen molar-refractivity contribution in [1.29, 1.82) is 0 Å². The van der Waals surface area contributed by atoms with Crippen LogP contribution in [-0.4, -0.2) is 30.9 Å². The molecule has 0 aliphatic carbocycles. The van der Waals surface area contributed by atoms with Crippen LogP contribution in [0.5, 0.6) is 0 Å². The second kappa shape index (κ2) is 9.07. The summed E-state index contributed by atoms with van der Waals surface area (Å²) in [6.45, 7) is 0.523. The fourth-order valence-electron chi connectivity index (χ4n) is 3.43. The number of pyridine rings is 2. The minimum Gasteiger partial charge on any atom is -0.366 e. The molecule has 5 rings (SSSR count). The van der Waals surface area contributed by atoms with E-state index in [0.29, 0.717) is 34.5 Å². The van der Waals surface area contributed by atoms with Gasteiger partial charge in [0.15, 0.2) is 5.65 Å². The first kappa shape index (κ1) is 22.1. The molecule has 0 radical (unpaired) electrons. The third-order valence-electron chi connectivity index (χ3n) is 4.83. The van der Waals surface area contributed by atoms with Gasteiger partial charge in [-0.1, -0.05) is 35.5 Å². The van der Waals surface area contributed by atoms with E-state index in [9.17, 15) is 4.79 Å². The van der Waals surface area contributed by atoms with Crippen molar-refractivity contribution in [3.63, 3.8) is 0 Å². The molecule has 31 heavy (non-hydrogen) atoms. The van der Waals surface area contributed by atoms with Crippen molar-refractivity contribution in [3.05, 3.63) is 84.1 Å². The molecule has 0 aliphatic heterocycles. The summed E-state index contributed by atoms with van der Waals surface area (Å²) in [6.07, 6.45) is 1.78. The smallest absolute Gasteiger partial charge is 0.249 e. The number of carbonyl (C=O) groups excluding carboxylic acids is 1. The predicted octanol–water partition coefficient (Wildman–Crippen LogP) is 4.03. The summed E-state index contributed by atoms with van der Waals surface area (Å²) in [7, 11) is 0. The lowest BCUT2D eigenvalue weighted by molar-refractivity contribution is 0.100. The molecule has 0 bridgehead atoms. The Morgan fingerprint density at radius 3 is 2.58 bits per heavy atom. The summed E-state index contributed by atoms with van der Waals surface area (Å²) in [5.74, 6) is -0.487. The van der Waals surface area contributed by atoms with Gasteiger partial charge in [0.05, 0.1) is 17.8 Å². The van der Waals surface area contributed by atoms with Crippen LogP contribution in [0.25, 0.3) is 33.3 Å². The number of benzene rings is 2. The van der Waals surface area contributed by atoms with E-state index in [1.165, 1.54) is 0 Å². The van der Waals surface area contributed by atoms with Gasteiger partial charge in [-0.2, -0.15) is 0 Å². The molecule has 0 fully saturated rings. The molecule has 9 heteroatoms. The third kappa shape index (κ3) is 4.19. The van der Waals surface area contributed by atoms with Gasteiger partial charge in [0, 0.05) is 22.7 Å². The molecule has 3 aromatic heterocycles.